The van der Waals surface area contributed by atoms with Crippen LogP contribution in [-0.2, 0) is 12.2 Å². The van der Waals surface area contributed by atoms with Gasteiger partial charge in [0.2, 0.25) is 0 Å². The van der Waals surface area contributed by atoms with E-state index >= 15 is 0 Å². The van der Waals surface area contributed by atoms with E-state index in [9.17, 15) is 4.79 Å². The fraction of sp³-hybridized carbons (Fsp3) is 0.263. The molecule has 2 heterocycles. The van der Waals surface area contributed by atoms with E-state index in [1.165, 1.54) is 4.88 Å². The number of carbonyl (C=O) groups excluding carboxylic acids is 1. The monoisotopic (exact) mass is 372 g/mol. The van der Waals surface area contributed by atoms with Gasteiger partial charge in [-0.05, 0) is 43.8 Å². The number of aromatic nitrogens is 1. The highest BCUT2D eigenvalue weighted by atomic mass is 32.2. The summed E-state index contributed by atoms with van der Waals surface area (Å²) in [5, 5.41) is 9.05. The minimum absolute atomic E-state index is 0.0292. The summed E-state index contributed by atoms with van der Waals surface area (Å²) in [6.45, 7) is 4.50. The molecule has 0 unspecified atom stereocenters. The molecule has 0 spiro atoms. The van der Waals surface area contributed by atoms with Crippen molar-refractivity contribution in [2.75, 3.05) is 6.54 Å². The highest BCUT2D eigenvalue weighted by Gasteiger charge is 2.14. The molecule has 0 radical (unpaired) electrons. The number of amides is 1. The summed E-state index contributed by atoms with van der Waals surface area (Å²) in [5.74, 6) is 1.54. The van der Waals surface area contributed by atoms with Crippen LogP contribution in [0.3, 0.4) is 0 Å². The lowest BCUT2D eigenvalue weighted by molar-refractivity contribution is 0.0951. The maximum absolute atomic E-state index is 12.5. The van der Waals surface area contributed by atoms with Crippen LogP contribution in [-0.4, -0.2) is 17.6 Å². The lowest BCUT2D eigenvalue weighted by atomic mass is 10.2. The molecule has 1 N–H and O–H groups in total. The third kappa shape index (κ3) is 4.52. The zero-order valence-electron chi connectivity index (χ0n) is 14.2. The number of nitrogens with one attached hydrogen (secondary N) is 1. The maximum Gasteiger partial charge on any atom is 0.252 e. The fourth-order valence-corrected chi connectivity index (χ4v) is 4.40. The minimum Gasteiger partial charge on any atom is -0.361 e. The van der Waals surface area contributed by atoms with Crippen molar-refractivity contribution in [3.05, 3.63) is 69.2 Å². The van der Waals surface area contributed by atoms with Crippen molar-refractivity contribution in [2.24, 2.45) is 0 Å². The number of hydrogen-bond donors (Lipinski definition) is 1. The fourth-order valence-electron chi connectivity index (χ4n) is 2.49. The Kier molecular flexibility index (Phi) is 5.94. The first-order chi connectivity index (χ1) is 12.1. The summed E-state index contributed by atoms with van der Waals surface area (Å²) in [6, 6.07) is 11.8. The van der Waals surface area contributed by atoms with Crippen LogP contribution in [0.2, 0.25) is 0 Å². The first kappa shape index (κ1) is 17.8. The number of aryl methyl sites for hydroxylation is 2. The lowest BCUT2D eigenvalue weighted by Gasteiger charge is -2.09. The van der Waals surface area contributed by atoms with Crippen LogP contribution in [0, 0.1) is 13.8 Å². The molecule has 130 valence electrons. The second kappa shape index (κ2) is 8.36. The largest absolute Gasteiger partial charge is 0.361 e. The van der Waals surface area contributed by atoms with Gasteiger partial charge in [0, 0.05) is 27.6 Å². The SMILES string of the molecule is Cc1noc(C)c1CSc1ccccc1C(=O)NCCc1cccs1. The zero-order valence-corrected chi connectivity index (χ0v) is 15.9. The van der Waals surface area contributed by atoms with E-state index in [0.29, 0.717) is 12.1 Å². The summed E-state index contributed by atoms with van der Waals surface area (Å²) >= 11 is 3.35. The quantitative estimate of drug-likeness (QED) is 0.615. The second-order valence-electron chi connectivity index (χ2n) is 5.67. The van der Waals surface area contributed by atoms with E-state index in [2.05, 4.69) is 21.9 Å². The van der Waals surface area contributed by atoms with Gasteiger partial charge in [0.1, 0.15) is 5.76 Å². The number of nitrogens with zero attached hydrogens (tertiary/aromatic N) is 1. The van der Waals surface area contributed by atoms with Crippen LogP contribution in [0.15, 0.2) is 51.2 Å². The van der Waals surface area contributed by atoms with Crippen molar-refractivity contribution in [3.63, 3.8) is 0 Å². The number of thioether (sulfide) groups is 1. The molecule has 1 amide bonds. The van der Waals surface area contributed by atoms with Gasteiger partial charge in [0.15, 0.2) is 0 Å². The Bertz CT molecular complexity index is 821. The molecule has 0 saturated heterocycles. The molecule has 4 nitrogen and oxygen atoms in total. The van der Waals surface area contributed by atoms with E-state index in [0.717, 1.165) is 34.1 Å². The first-order valence-electron chi connectivity index (χ1n) is 8.09. The standard InChI is InChI=1S/C19H20N2O2S2/c1-13-17(14(2)23-21-13)12-25-18-8-4-3-7-16(18)19(22)20-10-9-15-6-5-11-24-15/h3-8,11H,9-10,12H2,1-2H3,(H,20,22). The van der Waals surface area contributed by atoms with Crippen LogP contribution in [0.25, 0.3) is 0 Å². The number of benzene rings is 1. The predicted octanol–water partition coefficient (Wildman–Crippen LogP) is 4.62. The molecule has 0 aliphatic carbocycles. The van der Waals surface area contributed by atoms with Gasteiger partial charge in [0.25, 0.3) is 5.91 Å². The molecule has 3 rings (SSSR count). The van der Waals surface area contributed by atoms with Crippen molar-refractivity contribution in [1.29, 1.82) is 0 Å². The van der Waals surface area contributed by atoms with E-state index in [1.807, 2.05) is 44.2 Å². The smallest absolute Gasteiger partial charge is 0.252 e. The topological polar surface area (TPSA) is 55.1 Å². The molecule has 3 aromatic rings. The van der Waals surface area contributed by atoms with Crippen LogP contribution in [0.1, 0.15) is 32.3 Å². The molecule has 0 atom stereocenters. The van der Waals surface area contributed by atoms with Crippen LogP contribution in [0.4, 0.5) is 0 Å². The van der Waals surface area contributed by atoms with Gasteiger partial charge in [-0.1, -0.05) is 23.4 Å². The van der Waals surface area contributed by atoms with Crippen molar-refractivity contribution >= 4 is 29.0 Å². The summed E-state index contributed by atoms with van der Waals surface area (Å²) in [6.07, 6.45) is 0.859. The Morgan fingerprint density at radius 1 is 1.24 bits per heavy atom. The van der Waals surface area contributed by atoms with Gasteiger partial charge >= 0.3 is 0 Å². The van der Waals surface area contributed by atoms with E-state index in [4.69, 9.17) is 4.52 Å². The van der Waals surface area contributed by atoms with Crippen LogP contribution < -0.4 is 5.32 Å². The predicted molar refractivity (Wildman–Crippen MR) is 102 cm³/mol. The molecule has 2 aromatic heterocycles. The summed E-state index contributed by atoms with van der Waals surface area (Å²) in [7, 11) is 0. The van der Waals surface area contributed by atoms with Crippen molar-refractivity contribution in [3.8, 4) is 0 Å². The summed E-state index contributed by atoms with van der Waals surface area (Å²) in [5.41, 5.74) is 2.71. The summed E-state index contributed by atoms with van der Waals surface area (Å²) in [4.78, 5) is 14.8. The Balaban J connectivity index is 1.62. The van der Waals surface area contributed by atoms with Gasteiger partial charge in [-0.3, -0.25) is 4.79 Å². The minimum atomic E-state index is -0.0292. The zero-order chi connectivity index (χ0) is 17.6. The average Bonchev–Trinajstić information content (AvgIpc) is 3.24. The van der Waals surface area contributed by atoms with Gasteiger partial charge in [-0.25, -0.2) is 0 Å². The highest BCUT2D eigenvalue weighted by Crippen LogP contribution is 2.28. The van der Waals surface area contributed by atoms with E-state index in [-0.39, 0.29) is 5.91 Å². The molecule has 0 saturated carbocycles. The number of hydrogen-bond acceptors (Lipinski definition) is 5. The molecular weight excluding hydrogens is 352 g/mol. The van der Waals surface area contributed by atoms with Crippen molar-refractivity contribution in [2.45, 2.75) is 30.9 Å². The Hall–Kier alpha value is -2.05. The normalized spacial score (nSPS) is 10.8. The van der Waals surface area contributed by atoms with Gasteiger partial charge in [-0.2, -0.15) is 0 Å². The molecular formula is C19H20N2O2S2. The van der Waals surface area contributed by atoms with Gasteiger partial charge in [-0.15, -0.1) is 23.1 Å². The Labute approximate surface area is 155 Å². The van der Waals surface area contributed by atoms with Gasteiger partial charge in [0.05, 0.1) is 11.3 Å². The first-order valence-corrected chi connectivity index (χ1v) is 9.96. The number of thiophene rings is 1. The number of carbonyl (C=O) groups is 1. The Morgan fingerprint density at radius 3 is 2.80 bits per heavy atom. The third-order valence-corrected chi connectivity index (χ3v) is 5.96. The van der Waals surface area contributed by atoms with Crippen LogP contribution in [0.5, 0.6) is 0 Å². The number of rotatable bonds is 7. The van der Waals surface area contributed by atoms with E-state index < -0.39 is 0 Å². The van der Waals surface area contributed by atoms with Crippen molar-refractivity contribution < 1.29 is 9.32 Å². The maximum atomic E-state index is 12.5. The van der Waals surface area contributed by atoms with Crippen LogP contribution >= 0.6 is 23.1 Å². The average molecular weight is 373 g/mol. The summed E-state index contributed by atoms with van der Waals surface area (Å²) < 4.78 is 5.21. The highest BCUT2D eigenvalue weighted by molar-refractivity contribution is 7.98. The molecule has 0 aliphatic heterocycles. The van der Waals surface area contributed by atoms with Gasteiger partial charge < -0.3 is 9.84 Å². The molecule has 1 aromatic carbocycles. The molecule has 0 aliphatic rings. The second-order valence-corrected chi connectivity index (χ2v) is 7.72. The van der Waals surface area contributed by atoms with E-state index in [1.54, 1.807) is 23.1 Å². The molecule has 0 fully saturated rings. The molecule has 25 heavy (non-hydrogen) atoms. The lowest BCUT2D eigenvalue weighted by Crippen LogP contribution is -2.26. The Morgan fingerprint density at radius 2 is 2.08 bits per heavy atom. The van der Waals surface area contributed by atoms with Crippen molar-refractivity contribution in [1.82, 2.24) is 10.5 Å². The molecule has 0 bridgehead atoms. The third-order valence-electron chi connectivity index (χ3n) is 3.92. The molecule has 6 heteroatoms.